The van der Waals surface area contributed by atoms with Crippen LogP contribution in [-0.4, -0.2) is 22.9 Å². The van der Waals surface area contributed by atoms with Crippen LogP contribution >= 0.6 is 15.9 Å². The zero-order chi connectivity index (χ0) is 18.2. The summed E-state index contributed by atoms with van der Waals surface area (Å²) in [4.78, 5) is 12.0. The first-order chi connectivity index (χ1) is 11.8. The van der Waals surface area contributed by atoms with E-state index in [0.717, 1.165) is 17.5 Å². The number of fused-ring (bicyclic) bond motifs is 1. The summed E-state index contributed by atoms with van der Waals surface area (Å²) in [6, 6.07) is 8.27. The molecule has 8 heteroatoms. The normalized spacial score (nSPS) is 11.7. The fraction of sp³-hybridized carbons (Fsp3) is 0.176. The van der Waals surface area contributed by atoms with Gasteiger partial charge in [0.1, 0.15) is 0 Å². The Hall–Kier alpha value is -2.35. The molecule has 0 aliphatic heterocycles. The van der Waals surface area contributed by atoms with Crippen molar-refractivity contribution < 1.29 is 22.7 Å². The second-order valence-electron chi connectivity index (χ2n) is 5.38. The number of hydrogen-bond acceptors (Lipinski definition) is 3. The van der Waals surface area contributed by atoms with Crippen molar-refractivity contribution in [3.8, 4) is 0 Å². The van der Waals surface area contributed by atoms with Crippen LogP contribution in [0.5, 0.6) is 0 Å². The summed E-state index contributed by atoms with van der Waals surface area (Å²) in [6.07, 6.45) is -2.78. The summed E-state index contributed by atoms with van der Waals surface area (Å²) < 4.78 is 45.0. The van der Waals surface area contributed by atoms with Crippen molar-refractivity contribution in [1.29, 1.82) is 0 Å². The van der Waals surface area contributed by atoms with Gasteiger partial charge in [-0.15, -0.1) is 0 Å². The molecule has 0 saturated heterocycles. The number of aromatic nitrogens is 2. The zero-order valence-electron chi connectivity index (χ0n) is 13.0. The van der Waals surface area contributed by atoms with Gasteiger partial charge in [-0.25, -0.2) is 4.79 Å². The molecule has 0 amide bonds. The second kappa shape index (κ2) is 6.51. The summed E-state index contributed by atoms with van der Waals surface area (Å²) in [5, 5.41) is 4.97. The lowest BCUT2D eigenvalue weighted by Gasteiger charge is -2.10. The number of methoxy groups -OCH3 is 1. The monoisotopic (exact) mass is 412 g/mol. The van der Waals surface area contributed by atoms with Crippen LogP contribution in [0.2, 0.25) is 0 Å². The highest BCUT2D eigenvalue weighted by atomic mass is 79.9. The predicted molar refractivity (Wildman–Crippen MR) is 89.3 cm³/mol. The van der Waals surface area contributed by atoms with Gasteiger partial charge in [-0.05, 0) is 29.8 Å². The fourth-order valence-corrected chi connectivity index (χ4v) is 3.03. The smallest absolute Gasteiger partial charge is 0.416 e. The number of carbonyl (C=O) groups excluding carboxylic acids is 1. The second-order valence-corrected chi connectivity index (χ2v) is 6.30. The standard InChI is InChI=1S/C17H12BrF3N2O2/c1-25-16(24)14-7-13(18)6-11-8-22-23(15(11)14)9-10-2-4-12(5-3-10)17(19,20)21/h2-8H,9H2,1H3. The lowest BCUT2D eigenvalue weighted by Crippen LogP contribution is -2.09. The lowest BCUT2D eigenvalue weighted by atomic mass is 10.1. The number of ether oxygens (including phenoxy) is 1. The molecule has 3 rings (SSSR count). The third kappa shape index (κ3) is 3.53. The number of carbonyl (C=O) groups is 1. The van der Waals surface area contributed by atoms with Crippen LogP contribution in [-0.2, 0) is 17.5 Å². The minimum absolute atomic E-state index is 0.229. The maximum absolute atomic E-state index is 12.7. The first-order valence-corrected chi connectivity index (χ1v) is 7.98. The van der Waals surface area contributed by atoms with Crippen molar-refractivity contribution in [3.63, 3.8) is 0 Å². The Morgan fingerprint density at radius 2 is 1.92 bits per heavy atom. The SMILES string of the molecule is COC(=O)c1cc(Br)cc2cnn(Cc3ccc(C(F)(F)F)cc3)c12. The van der Waals surface area contributed by atoms with Gasteiger partial charge in [-0.2, -0.15) is 18.3 Å². The topological polar surface area (TPSA) is 44.1 Å². The number of halogens is 4. The molecule has 25 heavy (non-hydrogen) atoms. The van der Waals surface area contributed by atoms with Crippen molar-refractivity contribution in [2.24, 2.45) is 0 Å². The number of nitrogens with zero attached hydrogens (tertiary/aromatic N) is 2. The Labute approximate surface area is 149 Å². The van der Waals surface area contributed by atoms with Crippen LogP contribution in [0, 0.1) is 0 Å². The van der Waals surface area contributed by atoms with E-state index < -0.39 is 17.7 Å². The summed E-state index contributed by atoms with van der Waals surface area (Å²) >= 11 is 3.33. The molecule has 0 saturated carbocycles. The lowest BCUT2D eigenvalue weighted by molar-refractivity contribution is -0.137. The Balaban J connectivity index is 2.01. The van der Waals surface area contributed by atoms with E-state index in [0.29, 0.717) is 21.1 Å². The summed E-state index contributed by atoms with van der Waals surface area (Å²) in [7, 11) is 1.28. The Morgan fingerprint density at radius 3 is 2.52 bits per heavy atom. The van der Waals surface area contributed by atoms with E-state index in [9.17, 15) is 18.0 Å². The molecule has 0 unspecified atom stereocenters. The van der Waals surface area contributed by atoms with E-state index in [1.807, 2.05) is 0 Å². The Kier molecular flexibility index (Phi) is 4.55. The van der Waals surface area contributed by atoms with Gasteiger partial charge in [-0.1, -0.05) is 28.1 Å². The van der Waals surface area contributed by atoms with Gasteiger partial charge in [0.05, 0.1) is 36.5 Å². The first-order valence-electron chi connectivity index (χ1n) is 7.19. The number of rotatable bonds is 3. The minimum atomic E-state index is -4.37. The number of hydrogen-bond donors (Lipinski definition) is 0. The van der Waals surface area contributed by atoms with Crippen molar-refractivity contribution in [3.05, 3.63) is 63.8 Å². The molecule has 0 fully saturated rings. The highest BCUT2D eigenvalue weighted by Crippen LogP contribution is 2.30. The van der Waals surface area contributed by atoms with E-state index >= 15 is 0 Å². The molecule has 4 nitrogen and oxygen atoms in total. The number of alkyl halides is 3. The summed E-state index contributed by atoms with van der Waals surface area (Å²) in [5.41, 5.74) is 0.823. The summed E-state index contributed by atoms with van der Waals surface area (Å²) in [6.45, 7) is 0.229. The predicted octanol–water partition coefficient (Wildman–Crippen LogP) is 4.65. The van der Waals surface area contributed by atoms with Gasteiger partial charge in [0.15, 0.2) is 0 Å². The van der Waals surface area contributed by atoms with Crippen molar-refractivity contribution in [2.45, 2.75) is 12.7 Å². The Morgan fingerprint density at radius 1 is 1.24 bits per heavy atom. The Bertz CT molecular complexity index is 933. The van der Waals surface area contributed by atoms with E-state index in [4.69, 9.17) is 4.74 Å². The molecule has 0 spiro atoms. The molecule has 0 bridgehead atoms. The quantitative estimate of drug-likeness (QED) is 0.588. The molecule has 2 aromatic carbocycles. The molecule has 3 aromatic rings. The van der Waals surface area contributed by atoms with Crippen LogP contribution in [0.3, 0.4) is 0 Å². The van der Waals surface area contributed by atoms with E-state index in [2.05, 4.69) is 21.0 Å². The molecule has 0 N–H and O–H groups in total. The van der Waals surface area contributed by atoms with Crippen LogP contribution in [0.4, 0.5) is 13.2 Å². The number of esters is 1. The van der Waals surface area contributed by atoms with Crippen LogP contribution in [0.1, 0.15) is 21.5 Å². The largest absolute Gasteiger partial charge is 0.465 e. The van der Waals surface area contributed by atoms with Gasteiger partial charge in [0.25, 0.3) is 0 Å². The average Bonchev–Trinajstić information content (AvgIpc) is 2.95. The van der Waals surface area contributed by atoms with Gasteiger partial charge in [0, 0.05) is 9.86 Å². The molecule has 0 aliphatic carbocycles. The van der Waals surface area contributed by atoms with Crippen molar-refractivity contribution in [1.82, 2.24) is 9.78 Å². The third-order valence-electron chi connectivity index (χ3n) is 3.72. The van der Waals surface area contributed by atoms with Gasteiger partial charge < -0.3 is 4.74 Å². The highest BCUT2D eigenvalue weighted by Gasteiger charge is 2.30. The van der Waals surface area contributed by atoms with Gasteiger partial charge in [0.2, 0.25) is 0 Å². The maximum Gasteiger partial charge on any atom is 0.416 e. The molecule has 0 atom stereocenters. The molecule has 0 aliphatic rings. The summed E-state index contributed by atoms with van der Waals surface area (Å²) in [5.74, 6) is -0.513. The zero-order valence-corrected chi connectivity index (χ0v) is 14.6. The molecule has 1 aromatic heterocycles. The van der Waals surface area contributed by atoms with E-state index in [-0.39, 0.29) is 6.54 Å². The van der Waals surface area contributed by atoms with E-state index in [1.165, 1.54) is 19.2 Å². The van der Waals surface area contributed by atoms with Crippen LogP contribution < -0.4 is 0 Å². The average molecular weight is 413 g/mol. The number of benzene rings is 2. The molecule has 0 radical (unpaired) electrons. The molecule has 130 valence electrons. The highest BCUT2D eigenvalue weighted by molar-refractivity contribution is 9.10. The molecular formula is C17H12BrF3N2O2. The molecule has 1 heterocycles. The molecular weight excluding hydrogens is 401 g/mol. The van der Waals surface area contributed by atoms with Crippen molar-refractivity contribution >= 4 is 32.8 Å². The maximum atomic E-state index is 12.7. The van der Waals surface area contributed by atoms with Crippen LogP contribution in [0.25, 0.3) is 10.9 Å². The van der Waals surface area contributed by atoms with Crippen molar-refractivity contribution in [2.75, 3.05) is 7.11 Å². The van der Waals surface area contributed by atoms with Gasteiger partial charge in [-0.3, -0.25) is 4.68 Å². The fourth-order valence-electron chi connectivity index (χ4n) is 2.55. The van der Waals surface area contributed by atoms with E-state index in [1.54, 1.807) is 23.0 Å². The van der Waals surface area contributed by atoms with Gasteiger partial charge >= 0.3 is 12.1 Å². The third-order valence-corrected chi connectivity index (χ3v) is 4.18. The minimum Gasteiger partial charge on any atom is -0.465 e. The first kappa shape index (κ1) is 17.5. The van der Waals surface area contributed by atoms with Crippen LogP contribution in [0.15, 0.2) is 47.1 Å².